The smallest absolute Gasteiger partial charge is 0.246 e. The largest absolute Gasteiger partial charge is 0.493 e. The monoisotopic (exact) mass is 457 g/mol. The molecule has 1 aliphatic rings. The van der Waals surface area contributed by atoms with Gasteiger partial charge in [-0.05, 0) is 42.8 Å². The number of methoxy groups -OCH3 is 1. The van der Waals surface area contributed by atoms with Gasteiger partial charge in [0.2, 0.25) is 11.8 Å². The Kier molecular flexibility index (Phi) is 8.53. The van der Waals surface area contributed by atoms with Crippen LogP contribution in [0.2, 0.25) is 5.02 Å². The topological polar surface area (TPSA) is 71.1 Å². The summed E-state index contributed by atoms with van der Waals surface area (Å²) in [6.07, 6.45) is 3.25. The van der Waals surface area contributed by atoms with Gasteiger partial charge in [-0.1, -0.05) is 29.8 Å². The third-order valence-corrected chi connectivity index (χ3v) is 5.35. The number of benzene rings is 2. The molecule has 0 radical (unpaired) electrons. The van der Waals surface area contributed by atoms with Crippen LogP contribution in [0.15, 0.2) is 48.5 Å². The number of piperazine rings is 1. The number of nitrogens with zero attached hydrogens (tertiary/aromatic N) is 2. The molecular formula is C24H28ClN3O4. The molecule has 8 heteroatoms. The summed E-state index contributed by atoms with van der Waals surface area (Å²) in [4.78, 5) is 28.6. The number of halogens is 1. The molecule has 0 spiro atoms. The number of hydrogen-bond donors (Lipinski definition) is 1. The van der Waals surface area contributed by atoms with E-state index in [0.29, 0.717) is 55.9 Å². The van der Waals surface area contributed by atoms with E-state index in [2.05, 4.69) is 5.32 Å². The molecule has 2 amide bonds. The van der Waals surface area contributed by atoms with Crippen molar-refractivity contribution in [3.05, 3.63) is 59.1 Å². The Morgan fingerprint density at radius 3 is 2.50 bits per heavy atom. The van der Waals surface area contributed by atoms with E-state index < -0.39 is 0 Å². The van der Waals surface area contributed by atoms with Gasteiger partial charge >= 0.3 is 0 Å². The van der Waals surface area contributed by atoms with Gasteiger partial charge in [-0.25, -0.2) is 0 Å². The minimum Gasteiger partial charge on any atom is -0.493 e. The number of nitrogens with one attached hydrogen (secondary N) is 1. The zero-order valence-electron chi connectivity index (χ0n) is 18.3. The average Bonchev–Trinajstić information content (AvgIpc) is 2.80. The molecule has 32 heavy (non-hydrogen) atoms. The van der Waals surface area contributed by atoms with Crippen molar-refractivity contribution >= 4 is 35.2 Å². The first kappa shape index (κ1) is 23.6. The van der Waals surface area contributed by atoms with Gasteiger partial charge < -0.3 is 19.7 Å². The van der Waals surface area contributed by atoms with Crippen molar-refractivity contribution in [3.8, 4) is 11.5 Å². The Balaban J connectivity index is 1.50. The fourth-order valence-electron chi connectivity index (χ4n) is 3.44. The minimum atomic E-state index is -0.0811. The van der Waals surface area contributed by atoms with Crippen LogP contribution < -0.4 is 14.8 Å². The number of carbonyl (C=O) groups is 2. The molecular weight excluding hydrogens is 430 g/mol. The fraction of sp³-hybridized carbons (Fsp3) is 0.333. The average molecular weight is 458 g/mol. The van der Waals surface area contributed by atoms with Crippen molar-refractivity contribution < 1.29 is 19.1 Å². The number of anilines is 1. The molecule has 0 bridgehead atoms. The van der Waals surface area contributed by atoms with Gasteiger partial charge in [-0.15, -0.1) is 0 Å². The standard InChI is InChI=1S/C24H28ClN3O4/c1-3-32-24-20(25)15-18(16-21(24)31-2)9-10-23(30)28-13-11-27(12-14-28)17-22(29)26-19-7-5-4-6-8-19/h4-10,15-16H,3,11-14,17H2,1-2H3,(H,26,29)/b10-9+. The maximum atomic E-state index is 12.6. The molecule has 3 rings (SSSR count). The molecule has 0 saturated carbocycles. The molecule has 2 aromatic rings. The van der Waals surface area contributed by atoms with Gasteiger partial charge in [0.05, 0.1) is 25.3 Å². The van der Waals surface area contributed by atoms with Gasteiger partial charge in [0.25, 0.3) is 0 Å². The van der Waals surface area contributed by atoms with Crippen LogP contribution in [-0.4, -0.2) is 68.1 Å². The predicted octanol–water partition coefficient (Wildman–Crippen LogP) is 3.54. The van der Waals surface area contributed by atoms with Gasteiger partial charge in [-0.2, -0.15) is 0 Å². The Labute approximate surface area is 193 Å². The fourth-order valence-corrected chi connectivity index (χ4v) is 3.72. The first-order valence-electron chi connectivity index (χ1n) is 10.5. The number of rotatable bonds is 8. The lowest BCUT2D eigenvalue weighted by Crippen LogP contribution is -2.50. The first-order chi connectivity index (χ1) is 15.5. The molecule has 1 heterocycles. The lowest BCUT2D eigenvalue weighted by atomic mass is 10.1. The van der Waals surface area contributed by atoms with Crippen LogP contribution in [-0.2, 0) is 9.59 Å². The molecule has 0 aromatic heterocycles. The predicted molar refractivity (Wildman–Crippen MR) is 126 cm³/mol. The molecule has 0 unspecified atom stereocenters. The number of carbonyl (C=O) groups excluding carboxylic acids is 2. The van der Waals surface area contributed by atoms with E-state index in [1.54, 1.807) is 30.2 Å². The van der Waals surface area contributed by atoms with Crippen LogP contribution in [0.3, 0.4) is 0 Å². The molecule has 1 saturated heterocycles. The van der Waals surface area contributed by atoms with E-state index in [9.17, 15) is 9.59 Å². The first-order valence-corrected chi connectivity index (χ1v) is 10.9. The third kappa shape index (κ3) is 6.48. The molecule has 1 fully saturated rings. The Hall–Kier alpha value is -3.03. The Bertz CT molecular complexity index is 957. The van der Waals surface area contributed by atoms with Crippen molar-refractivity contribution in [2.24, 2.45) is 0 Å². The lowest BCUT2D eigenvalue weighted by Gasteiger charge is -2.33. The summed E-state index contributed by atoms with van der Waals surface area (Å²) < 4.78 is 10.9. The van der Waals surface area contributed by atoms with Crippen molar-refractivity contribution in [1.82, 2.24) is 9.80 Å². The normalized spacial score (nSPS) is 14.4. The van der Waals surface area contributed by atoms with Crippen molar-refractivity contribution in [3.63, 3.8) is 0 Å². The van der Waals surface area contributed by atoms with Crippen molar-refractivity contribution in [2.45, 2.75) is 6.92 Å². The van der Waals surface area contributed by atoms with Gasteiger partial charge in [0.1, 0.15) is 0 Å². The highest BCUT2D eigenvalue weighted by molar-refractivity contribution is 6.32. The highest BCUT2D eigenvalue weighted by atomic mass is 35.5. The van der Waals surface area contributed by atoms with E-state index in [1.165, 1.54) is 6.08 Å². The van der Waals surface area contributed by atoms with Crippen LogP contribution in [0.5, 0.6) is 11.5 Å². The van der Waals surface area contributed by atoms with Crippen molar-refractivity contribution in [1.29, 1.82) is 0 Å². The van der Waals surface area contributed by atoms with Crippen molar-refractivity contribution in [2.75, 3.05) is 51.8 Å². The van der Waals surface area contributed by atoms with E-state index in [1.807, 2.05) is 42.2 Å². The summed E-state index contributed by atoms with van der Waals surface area (Å²) in [7, 11) is 1.55. The van der Waals surface area contributed by atoms with Crippen LogP contribution in [0.1, 0.15) is 12.5 Å². The SMILES string of the molecule is CCOc1c(Cl)cc(/C=C/C(=O)N2CCN(CC(=O)Nc3ccccc3)CC2)cc1OC. The van der Waals surface area contributed by atoms with Crippen LogP contribution in [0, 0.1) is 0 Å². The summed E-state index contributed by atoms with van der Waals surface area (Å²) >= 11 is 6.29. The zero-order chi connectivity index (χ0) is 22.9. The highest BCUT2D eigenvalue weighted by Gasteiger charge is 2.21. The Morgan fingerprint density at radius 2 is 1.84 bits per heavy atom. The lowest BCUT2D eigenvalue weighted by molar-refractivity contribution is -0.127. The molecule has 0 atom stereocenters. The molecule has 1 aliphatic heterocycles. The van der Waals surface area contributed by atoms with E-state index >= 15 is 0 Å². The molecule has 2 aromatic carbocycles. The minimum absolute atomic E-state index is 0.0582. The van der Waals surface area contributed by atoms with E-state index in [-0.39, 0.29) is 11.8 Å². The Morgan fingerprint density at radius 1 is 1.12 bits per heavy atom. The van der Waals surface area contributed by atoms with Gasteiger partial charge in [0, 0.05) is 37.9 Å². The van der Waals surface area contributed by atoms with E-state index in [4.69, 9.17) is 21.1 Å². The molecule has 1 N–H and O–H groups in total. The number of ether oxygens (including phenoxy) is 2. The molecule has 7 nitrogen and oxygen atoms in total. The summed E-state index contributed by atoms with van der Waals surface area (Å²) in [5.74, 6) is 0.876. The van der Waals surface area contributed by atoms with Crippen LogP contribution in [0.4, 0.5) is 5.69 Å². The number of para-hydroxylation sites is 1. The number of amides is 2. The summed E-state index contributed by atoms with van der Waals surface area (Å²) in [6.45, 7) is 5.07. The second-order valence-corrected chi connectivity index (χ2v) is 7.72. The quantitative estimate of drug-likeness (QED) is 0.614. The molecule has 0 aliphatic carbocycles. The number of hydrogen-bond acceptors (Lipinski definition) is 5. The van der Waals surface area contributed by atoms with Gasteiger partial charge in [-0.3, -0.25) is 14.5 Å². The maximum absolute atomic E-state index is 12.6. The molecule has 170 valence electrons. The maximum Gasteiger partial charge on any atom is 0.246 e. The van der Waals surface area contributed by atoms with E-state index in [0.717, 1.165) is 11.3 Å². The highest BCUT2D eigenvalue weighted by Crippen LogP contribution is 2.36. The second-order valence-electron chi connectivity index (χ2n) is 7.32. The second kappa shape index (κ2) is 11.5. The van der Waals surface area contributed by atoms with Crippen LogP contribution in [0.25, 0.3) is 6.08 Å². The summed E-state index contributed by atoms with van der Waals surface area (Å²) in [5, 5.41) is 3.32. The third-order valence-electron chi connectivity index (χ3n) is 5.07. The zero-order valence-corrected chi connectivity index (χ0v) is 19.1. The summed E-state index contributed by atoms with van der Waals surface area (Å²) in [6, 6.07) is 12.9. The summed E-state index contributed by atoms with van der Waals surface area (Å²) in [5.41, 5.74) is 1.53. The van der Waals surface area contributed by atoms with Gasteiger partial charge in [0.15, 0.2) is 11.5 Å². The van der Waals surface area contributed by atoms with Crippen LogP contribution >= 0.6 is 11.6 Å².